The van der Waals surface area contributed by atoms with Crippen LogP contribution in [0, 0.1) is 0 Å². The summed E-state index contributed by atoms with van der Waals surface area (Å²) in [5.74, 6) is 0. The van der Waals surface area contributed by atoms with E-state index in [2.05, 4.69) is 22.4 Å². The molecule has 0 radical (unpaired) electrons. The van der Waals surface area contributed by atoms with E-state index in [-0.39, 0.29) is 6.04 Å². The Labute approximate surface area is 65.2 Å². The fraction of sp³-hybridized carbons (Fsp3) is 0.250. The molecule has 0 saturated heterocycles. The molecule has 0 unspecified atom stereocenters. The number of aromatic nitrogens is 1. The van der Waals surface area contributed by atoms with Crippen molar-refractivity contribution in [1.82, 2.24) is 10.4 Å². The fourth-order valence-electron chi connectivity index (χ4n) is 1.18. The smallest absolute Gasteiger partial charge is 0.0682 e. The average molecular weight is 147 g/mol. The van der Waals surface area contributed by atoms with Gasteiger partial charge in [0.15, 0.2) is 0 Å². The van der Waals surface area contributed by atoms with Crippen LogP contribution in [0.4, 0.5) is 0 Å². The van der Waals surface area contributed by atoms with E-state index in [1.54, 1.807) is 6.20 Å². The van der Waals surface area contributed by atoms with E-state index in [0.29, 0.717) is 0 Å². The molecule has 3 nitrogen and oxygen atoms in total. The standard InChI is InChI=1S/C8H9N3/c1-6-8-5-9-3-2-7(8)4-10-11-6/h2-6,11H,1H3/t6-/m0/s1. The van der Waals surface area contributed by atoms with Crippen molar-refractivity contribution in [1.29, 1.82) is 0 Å². The Balaban J connectivity index is 2.54. The van der Waals surface area contributed by atoms with E-state index in [4.69, 9.17) is 0 Å². The van der Waals surface area contributed by atoms with Crippen LogP contribution in [-0.4, -0.2) is 11.2 Å². The van der Waals surface area contributed by atoms with Crippen LogP contribution in [0.1, 0.15) is 24.1 Å². The number of pyridine rings is 1. The van der Waals surface area contributed by atoms with E-state index in [9.17, 15) is 0 Å². The summed E-state index contributed by atoms with van der Waals surface area (Å²) in [6.45, 7) is 2.07. The Morgan fingerprint density at radius 1 is 1.55 bits per heavy atom. The molecule has 0 aliphatic carbocycles. The molecule has 1 aromatic rings. The maximum atomic E-state index is 4.05. The summed E-state index contributed by atoms with van der Waals surface area (Å²) in [6.07, 6.45) is 5.47. The molecule has 11 heavy (non-hydrogen) atoms. The second kappa shape index (κ2) is 2.34. The summed E-state index contributed by atoms with van der Waals surface area (Å²) in [6, 6.07) is 2.25. The van der Waals surface area contributed by atoms with Gasteiger partial charge < -0.3 is 5.43 Å². The normalized spacial score (nSPS) is 20.6. The summed E-state index contributed by atoms with van der Waals surface area (Å²) in [5, 5.41) is 4.00. The van der Waals surface area contributed by atoms with Gasteiger partial charge in [-0.3, -0.25) is 4.98 Å². The lowest BCUT2D eigenvalue weighted by molar-refractivity contribution is 0.595. The maximum Gasteiger partial charge on any atom is 0.0682 e. The van der Waals surface area contributed by atoms with Crippen LogP contribution in [0.3, 0.4) is 0 Å². The van der Waals surface area contributed by atoms with Crippen LogP contribution in [0.2, 0.25) is 0 Å². The summed E-state index contributed by atoms with van der Waals surface area (Å²) in [7, 11) is 0. The molecule has 0 spiro atoms. The van der Waals surface area contributed by atoms with Crippen molar-refractivity contribution in [3.05, 3.63) is 29.6 Å². The summed E-state index contributed by atoms with van der Waals surface area (Å²) in [5.41, 5.74) is 5.34. The highest BCUT2D eigenvalue weighted by Gasteiger charge is 2.11. The largest absolute Gasteiger partial charge is 0.303 e. The zero-order valence-electron chi connectivity index (χ0n) is 6.28. The Hall–Kier alpha value is -1.38. The molecule has 56 valence electrons. The van der Waals surface area contributed by atoms with Gasteiger partial charge in [0.2, 0.25) is 0 Å². The van der Waals surface area contributed by atoms with E-state index >= 15 is 0 Å². The highest BCUT2D eigenvalue weighted by molar-refractivity contribution is 5.82. The number of hydrogen-bond acceptors (Lipinski definition) is 3. The molecule has 1 aliphatic heterocycles. The third-order valence-corrected chi connectivity index (χ3v) is 1.83. The Morgan fingerprint density at radius 3 is 3.27 bits per heavy atom. The molecule has 0 bridgehead atoms. The SMILES string of the molecule is C[C@@H]1NN=Cc2ccncc21. The number of hydrogen-bond donors (Lipinski definition) is 1. The topological polar surface area (TPSA) is 37.3 Å². The zero-order valence-corrected chi connectivity index (χ0v) is 6.28. The van der Waals surface area contributed by atoms with E-state index < -0.39 is 0 Å². The van der Waals surface area contributed by atoms with Gasteiger partial charge in [-0.2, -0.15) is 5.10 Å². The zero-order chi connectivity index (χ0) is 7.68. The van der Waals surface area contributed by atoms with Gasteiger partial charge in [-0.25, -0.2) is 0 Å². The first-order chi connectivity index (χ1) is 5.38. The van der Waals surface area contributed by atoms with Crippen LogP contribution in [0.25, 0.3) is 0 Å². The number of hydrazone groups is 1. The minimum absolute atomic E-state index is 0.281. The second-order valence-corrected chi connectivity index (χ2v) is 2.61. The van der Waals surface area contributed by atoms with Crippen LogP contribution in [0.5, 0.6) is 0 Å². The molecule has 2 rings (SSSR count). The molecule has 1 aromatic heterocycles. The lowest BCUT2D eigenvalue weighted by Crippen LogP contribution is -2.18. The molecule has 3 heteroatoms. The lowest BCUT2D eigenvalue weighted by atomic mass is 10.1. The first-order valence-electron chi connectivity index (χ1n) is 3.60. The number of nitrogens with one attached hydrogen (secondary N) is 1. The molecule has 2 heterocycles. The number of fused-ring (bicyclic) bond motifs is 1. The molecule has 1 atom stereocenters. The average Bonchev–Trinajstić information content (AvgIpc) is 2.06. The third kappa shape index (κ3) is 0.981. The van der Waals surface area contributed by atoms with E-state index in [1.807, 2.05) is 18.5 Å². The maximum absolute atomic E-state index is 4.05. The first kappa shape index (κ1) is 6.34. The molecular weight excluding hydrogens is 138 g/mol. The number of nitrogens with zero attached hydrogens (tertiary/aromatic N) is 2. The predicted octanol–water partition coefficient (Wildman–Crippen LogP) is 1.08. The van der Waals surface area contributed by atoms with Gasteiger partial charge in [-0.1, -0.05) is 0 Å². The molecule has 0 aromatic carbocycles. The van der Waals surface area contributed by atoms with Gasteiger partial charge in [0.1, 0.15) is 0 Å². The highest BCUT2D eigenvalue weighted by atomic mass is 15.3. The predicted molar refractivity (Wildman–Crippen MR) is 43.4 cm³/mol. The van der Waals surface area contributed by atoms with Crippen LogP contribution in [-0.2, 0) is 0 Å². The number of rotatable bonds is 0. The molecule has 0 saturated carbocycles. The fourth-order valence-corrected chi connectivity index (χ4v) is 1.18. The van der Waals surface area contributed by atoms with Crippen molar-refractivity contribution in [2.45, 2.75) is 13.0 Å². The van der Waals surface area contributed by atoms with E-state index in [1.165, 1.54) is 5.56 Å². The molecule has 0 amide bonds. The minimum atomic E-state index is 0.281. The minimum Gasteiger partial charge on any atom is -0.303 e. The molecular formula is C8H9N3. The van der Waals surface area contributed by atoms with Crippen LogP contribution >= 0.6 is 0 Å². The van der Waals surface area contributed by atoms with Gasteiger partial charge in [0.25, 0.3) is 0 Å². The van der Waals surface area contributed by atoms with Crippen molar-refractivity contribution in [2.24, 2.45) is 5.10 Å². The van der Waals surface area contributed by atoms with Crippen LogP contribution in [0.15, 0.2) is 23.6 Å². The Morgan fingerprint density at radius 2 is 2.45 bits per heavy atom. The van der Waals surface area contributed by atoms with Crippen molar-refractivity contribution in [2.75, 3.05) is 0 Å². The van der Waals surface area contributed by atoms with Gasteiger partial charge in [-0.15, -0.1) is 0 Å². The monoisotopic (exact) mass is 147 g/mol. The summed E-state index contributed by atoms with van der Waals surface area (Å²) in [4.78, 5) is 4.05. The van der Waals surface area contributed by atoms with Crippen molar-refractivity contribution >= 4 is 6.21 Å². The van der Waals surface area contributed by atoms with Crippen LogP contribution < -0.4 is 5.43 Å². The lowest BCUT2D eigenvalue weighted by Gasteiger charge is -2.17. The molecule has 1 N–H and O–H groups in total. The quantitative estimate of drug-likeness (QED) is 0.596. The van der Waals surface area contributed by atoms with Gasteiger partial charge >= 0.3 is 0 Å². The third-order valence-electron chi connectivity index (χ3n) is 1.83. The molecule has 1 aliphatic rings. The van der Waals surface area contributed by atoms with Gasteiger partial charge in [0.05, 0.1) is 12.3 Å². The van der Waals surface area contributed by atoms with Gasteiger partial charge in [-0.05, 0) is 13.0 Å². The van der Waals surface area contributed by atoms with Crippen molar-refractivity contribution in [3.8, 4) is 0 Å². The van der Waals surface area contributed by atoms with Crippen molar-refractivity contribution < 1.29 is 0 Å². The van der Waals surface area contributed by atoms with E-state index in [0.717, 1.165) is 5.56 Å². The molecule has 0 fully saturated rings. The first-order valence-corrected chi connectivity index (χ1v) is 3.60. The summed E-state index contributed by atoms with van der Waals surface area (Å²) >= 11 is 0. The Kier molecular flexibility index (Phi) is 1.35. The van der Waals surface area contributed by atoms with Gasteiger partial charge in [0, 0.05) is 23.5 Å². The second-order valence-electron chi connectivity index (χ2n) is 2.61. The van der Waals surface area contributed by atoms with Crippen molar-refractivity contribution in [3.63, 3.8) is 0 Å². The Bertz CT molecular complexity index is 293. The highest BCUT2D eigenvalue weighted by Crippen LogP contribution is 2.17. The summed E-state index contributed by atoms with van der Waals surface area (Å²) < 4.78 is 0.